The number of rotatable bonds is 9. The highest BCUT2D eigenvalue weighted by molar-refractivity contribution is 7.91. The van der Waals surface area contributed by atoms with E-state index < -0.39 is 48.7 Å². The number of carboxylic acids is 1. The zero-order valence-corrected chi connectivity index (χ0v) is 24.3. The molecule has 14 heteroatoms. The number of halogens is 3. The minimum absolute atomic E-state index is 0.0577. The molecule has 2 N–H and O–H groups in total. The van der Waals surface area contributed by atoms with Crippen LogP contribution in [0.5, 0.6) is 0 Å². The van der Waals surface area contributed by atoms with Crippen LogP contribution in [-0.2, 0) is 35.6 Å². The fourth-order valence-corrected chi connectivity index (χ4v) is 7.25. The summed E-state index contributed by atoms with van der Waals surface area (Å²) in [6.45, 7) is 12.0. The molecule has 3 aromatic rings. The predicted octanol–water partition coefficient (Wildman–Crippen LogP) is 4.52. The zero-order chi connectivity index (χ0) is 31.3. The van der Waals surface area contributed by atoms with Gasteiger partial charge in [-0.1, -0.05) is 24.3 Å². The van der Waals surface area contributed by atoms with Crippen molar-refractivity contribution in [1.82, 2.24) is 9.29 Å². The summed E-state index contributed by atoms with van der Waals surface area (Å²) in [7, 11) is -8.18. The molecule has 0 amide bonds. The number of morpholine rings is 1. The summed E-state index contributed by atoms with van der Waals surface area (Å²) in [5, 5.41) is 11.1. The highest BCUT2D eigenvalue weighted by Gasteiger charge is 2.35. The molecule has 1 aliphatic heterocycles. The van der Waals surface area contributed by atoms with Crippen LogP contribution in [0.2, 0.25) is 0 Å². The van der Waals surface area contributed by atoms with Gasteiger partial charge in [-0.3, -0.25) is 4.79 Å². The van der Waals surface area contributed by atoms with Gasteiger partial charge in [0.2, 0.25) is 10.0 Å². The van der Waals surface area contributed by atoms with Crippen LogP contribution in [0.3, 0.4) is 0 Å². The van der Waals surface area contributed by atoms with Gasteiger partial charge in [0.05, 0.1) is 40.9 Å². The molecule has 0 spiro atoms. The molecule has 1 saturated heterocycles. The van der Waals surface area contributed by atoms with E-state index in [9.17, 15) is 39.9 Å². The molecule has 2 aromatic carbocycles. The molecule has 4 rings (SSSR count). The number of hydrogen-bond donors (Lipinski definition) is 2. The number of alkyl halides is 3. The first-order valence-corrected chi connectivity index (χ1v) is 15.8. The van der Waals surface area contributed by atoms with Gasteiger partial charge in [-0.25, -0.2) is 20.8 Å². The van der Waals surface area contributed by atoms with Gasteiger partial charge in [-0.15, -0.1) is 13.2 Å². The average molecular weight is 629 g/mol. The molecule has 0 bridgehead atoms. The van der Waals surface area contributed by atoms with E-state index in [1.165, 1.54) is 37.3 Å². The molecule has 9 nitrogen and oxygen atoms in total. The molecule has 2 atom stereocenters. The van der Waals surface area contributed by atoms with E-state index in [0.717, 1.165) is 54.6 Å². The lowest BCUT2D eigenvalue weighted by molar-refractivity contribution is -0.139. The Morgan fingerprint density at radius 1 is 1.07 bits per heavy atom. The summed E-state index contributed by atoms with van der Waals surface area (Å²) >= 11 is 0. The molecular formula is C28H31F3N2O7S2. The Kier molecular flexibility index (Phi) is 10.4. The Balaban J connectivity index is 0.000000715. The third-order valence-corrected chi connectivity index (χ3v) is 10.2. The van der Waals surface area contributed by atoms with E-state index >= 15 is 0 Å². The van der Waals surface area contributed by atoms with E-state index in [0.29, 0.717) is 6.07 Å². The van der Waals surface area contributed by atoms with Crippen molar-refractivity contribution in [3.8, 4) is 0 Å². The lowest BCUT2D eigenvalue weighted by Crippen LogP contribution is -2.30. The van der Waals surface area contributed by atoms with Crippen molar-refractivity contribution in [1.29, 1.82) is 0 Å². The van der Waals surface area contributed by atoms with Gasteiger partial charge < -0.3 is 15.2 Å². The molecule has 2 heterocycles. The third kappa shape index (κ3) is 7.30. The topological polar surface area (TPSA) is 132 Å². The number of benzene rings is 2. The summed E-state index contributed by atoms with van der Waals surface area (Å²) in [5.74, 6) is -3.07. The number of ether oxygens (including phenoxy) is 1. The molecule has 0 radical (unpaired) electrons. The summed E-state index contributed by atoms with van der Waals surface area (Å²) in [5.41, 5.74) is -1.27. The Morgan fingerprint density at radius 3 is 2.14 bits per heavy atom. The lowest BCUT2D eigenvalue weighted by Gasteiger charge is -2.20. The van der Waals surface area contributed by atoms with E-state index in [1.54, 1.807) is 0 Å². The van der Waals surface area contributed by atoms with Gasteiger partial charge in [-0.05, 0) is 48.9 Å². The van der Waals surface area contributed by atoms with Crippen LogP contribution in [-0.4, -0.2) is 63.9 Å². The van der Waals surface area contributed by atoms with Crippen LogP contribution in [0.1, 0.15) is 34.9 Å². The first-order chi connectivity index (χ1) is 19.6. The van der Waals surface area contributed by atoms with Crippen molar-refractivity contribution in [2.24, 2.45) is 0 Å². The first-order valence-electron chi connectivity index (χ1n) is 12.7. The number of carboxylic acid groups (broad SMARTS) is 1. The number of nitrogens with one attached hydrogen (secondary N) is 1. The Labute approximate surface area is 242 Å². The Bertz CT molecular complexity index is 1650. The van der Waals surface area contributed by atoms with E-state index in [2.05, 4.69) is 18.5 Å². The fourth-order valence-electron chi connectivity index (χ4n) is 4.28. The van der Waals surface area contributed by atoms with Crippen molar-refractivity contribution in [3.63, 3.8) is 0 Å². The summed E-state index contributed by atoms with van der Waals surface area (Å²) < 4.78 is 97.5. The lowest BCUT2D eigenvalue weighted by atomic mass is 10.1. The van der Waals surface area contributed by atoms with Crippen molar-refractivity contribution < 1.29 is 44.6 Å². The molecule has 0 saturated carbocycles. The third-order valence-electron chi connectivity index (χ3n) is 6.47. The van der Waals surface area contributed by atoms with Crippen molar-refractivity contribution >= 4 is 36.7 Å². The molecular weight excluding hydrogens is 597 g/mol. The van der Waals surface area contributed by atoms with Crippen LogP contribution < -0.4 is 5.32 Å². The summed E-state index contributed by atoms with van der Waals surface area (Å²) in [4.78, 5) is 11.6. The molecule has 1 aliphatic rings. The first kappa shape index (κ1) is 33.0. The zero-order valence-electron chi connectivity index (χ0n) is 22.7. The highest BCUT2D eigenvalue weighted by Crippen LogP contribution is 2.37. The number of fused-ring (bicyclic) bond motifs is 1. The second-order valence-electron chi connectivity index (χ2n) is 9.37. The monoisotopic (exact) mass is 628 g/mol. The van der Waals surface area contributed by atoms with Gasteiger partial charge >= 0.3 is 12.1 Å². The average Bonchev–Trinajstić information content (AvgIpc) is 3.34. The van der Waals surface area contributed by atoms with Gasteiger partial charge in [0.15, 0.2) is 9.84 Å². The minimum atomic E-state index is -4.69. The Hall–Kier alpha value is -3.46. The van der Waals surface area contributed by atoms with Gasteiger partial charge in [-0.2, -0.15) is 13.2 Å². The predicted molar refractivity (Wildman–Crippen MR) is 153 cm³/mol. The second kappa shape index (κ2) is 13.2. The van der Waals surface area contributed by atoms with Gasteiger partial charge in [0.1, 0.15) is 5.25 Å². The van der Waals surface area contributed by atoms with Crippen LogP contribution in [0.15, 0.2) is 78.7 Å². The van der Waals surface area contributed by atoms with Gasteiger partial charge in [0, 0.05) is 24.2 Å². The summed E-state index contributed by atoms with van der Waals surface area (Å²) in [6, 6.07) is 8.56. The quantitative estimate of drug-likeness (QED) is 0.331. The highest BCUT2D eigenvalue weighted by atomic mass is 32.2. The van der Waals surface area contributed by atoms with Crippen LogP contribution in [0.25, 0.3) is 10.9 Å². The smallest absolute Gasteiger partial charge is 0.416 e. The van der Waals surface area contributed by atoms with E-state index in [4.69, 9.17) is 4.74 Å². The molecule has 2 unspecified atom stereocenters. The largest absolute Gasteiger partial charge is 0.481 e. The van der Waals surface area contributed by atoms with Crippen LogP contribution in [0.4, 0.5) is 13.2 Å². The maximum absolute atomic E-state index is 13.8. The van der Waals surface area contributed by atoms with Crippen LogP contribution in [0, 0.1) is 0 Å². The number of sulfone groups is 1. The van der Waals surface area contributed by atoms with Crippen molar-refractivity contribution in [2.45, 2.75) is 29.2 Å². The molecule has 228 valence electrons. The number of carbonyl (C=O) groups is 1. The standard InChI is InChI=1S/C24H22F3NO6S2.C4H9NO/c1-4-12-35(31,32)19-9-6-16(7-10-19)22(5-2)36(33,34)28-20-11-8-18(24(25,26)27)13-17(20)14-21(28)15(3)23(29)30;1-3-6-4-2-5-1/h4-11,13-15,22H,1-2,12H2,3H3,(H,29,30);5H,1-4H2. The normalized spacial score (nSPS) is 15.7. The number of hydrogen-bond acceptors (Lipinski definition) is 7. The van der Waals surface area contributed by atoms with Crippen LogP contribution >= 0.6 is 0 Å². The molecule has 42 heavy (non-hydrogen) atoms. The molecule has 1 fully saturated rings. The second-order valence-corrected chi connectivity index (χ2v) is 13.3. The van der Waals surface area contributed by atoms with E-state index in [-0.39, 0.29) is 32.8 Å². The van der Waals surface area contributed by atoms with Crippen molar-refractivity contribution in [2.75, 3.05) is 32.1 Å². The number of nitrogens with zero attached hydrogens (tertiary/aromatic N) is 1. The van der Waals surface area contributed by atoms with E-state index in [1.807, 2.05) is 0 Å². The minimum Gasteiger partial charge on any atom is -0.481 e. The van der Waals surface area contributed by atoms with Gasteiger partial charge in [0.25, 0.3) is 0 Å². The maximum atomic E-state index is 13.8. The fraction of sp³-hybridized carbons (Fsp3) is 0.321. The molecule has 0 aliphatic carbocycles. The molecule has 1 aromatic heterocycles. The van der Waals surface area contributed by atoms with Crippen molar-refractivity contribution in [3.05, 3.63) is 90.7 Å². The number of aliphatic carboxylic acids is 1. The SMILES string of the molecule is C1COCCN1.C=CCS(=O)(=O)c1ccc(C(C=C)S(=O)(=O)n2c(C(C)C(=O)O)cc3cc(C(F)(F)F)ccc32)cc1. The number of aromatic nitrogens is 1. The summed E-state index contributed by atoms with van der Waals surface area (Å²) in [6.07, 6.45) is -2.40. The maximum Gasteiger partial charge on any atom is 0.416 e. The Morgan fingerprint density at radius 2 is 1.69 bits per heavy atom.